The zero-order chi connectivity index (χ0) is 19.3. The Morgan fingerprint density at radius 3 is 2.86 bits per heavy atom. The van der Waals surface area contributed by atoms with Crippen LogP contribution in [0.4, 0.5) is 22.0 Å². The normalized spacial score (nSPS) is 13.3. The van der Waals surface area contributed by atoms with Crippen LogP contribution < -0.4 is 10.2 Å². The molecule has 4 rings (SSSR count). The molecule has 0 bridgehead atoms. The molecule has 0 saturated carbocycles. The number of nitrogens with zero attached hydrogens (tertiary/aromatic N) is 5. The Balaban J connectivity index is 0.00000240. The Morgan fingerprint density at radius 1 is 1.31 bits per heavy atom. The molecule has 0 spiro atoms. The van der Waals surface area contributed by atoms with Crippen LogP contribution in [0.25, 0.3) is 16.6 Å². The van der Waals surface area contributed by atoms with Crippen molar-refractivity contribution in [1.82, 2.24) is 20.0 Å². The molecule has 3 aromatic rings. The molecule has 1 aliphatic heterocycles. The van der Waals surface area contributed by atoms with E-state index in [0.29, 0.717) is 38.7 Å². The number of H-pyrrole nitrogens is 1. The Bertz CT molecular complexity index is 938. The third-order valence-corrected chi connectivity index (χ3v) is 4.44. The van der Waals surface area contributed by atoms with Gasteiger partial charge in [-0.25, -0.2) is 0 Å². The molecule has 10 heteroatoms. The van der Waals surface area contributed by atoms with Gasteiger partial charge in [-0.1, -0.05) is 24.3 Å². The van der Waals surface area contributed by atoms with Gasteiger partial charge in [-0.3, -0.25) is 14.6 Å². The van der Waals surface area contributed by atoms with Gasteiger partial charge >= 0.3 is 0 Å². The Kier molecular flexibility index (Phi) is 7.03. The van der Waals surface area contributed by atoms with Gasteiger partial charge in [0.1, 0.15) is 0 Å². The molecule has 155 valence electrons. The molecular weight excluding hydrogens is 550 g/mol. The molecule has 9 nitrogen and oxygen atoms in total. The molecule has 2 amide bonds. The van der Waals surface area contributed by atoms with Gasteiger partial charge in [-0.05, 0) is 31.3 Å². The molecule has 1 aromatic carbocycles. The van der Waals surface area contributed by atoms with Crippen LogP contribution in [0.15, 0.2) is 42.7 Å². The molecular formula is C19H22IrN7O2-. The van der Waals surface area contributed by atoms with Crippen LogP contribution in [0, 0.1) is 0 Å². The summed E-state index contributed by atoms with van der Waals surface area (Å²) in [5.41, 5.74) is 3.59. The van der Waals surface area contributed by atoms with Crippen LogP contribution in [-0.4, -0.2) is 52.3 Å². The second-order valence-electron chi connectivity index (χ2n) is 6.34. The largest absolute Gasteiger partial charge is 0.431 e. The molecule has 2 aromatic heterocycles. The fraction of sp³-hybridized carbons (Fsp3) is 0.316. The third-order valence-electron chi connectivity index (χ3n) is 4.44. The molecule has 0 aliphatic carbocycles. The number of aromatic nitrogens is 4. The first-order chi connectivity index (χ1) is 13.7. The number of anilines is 3. The van der Waals surface area contributed by atoms with Crippen molar-refractivity contribution in [3.63, 3.8) is 0 Å². The fourth-order valence-corrected chi connectivity index (χ4v) is 3.02. The van der Waals surface area contributed by atoms with E-state index in [2.05, 4.69) is 25.9 Å². The average molecular weight is 573 g/mol. The maximum atomic E-state index is 11.7. The zero-order valence-corrected chi connectivity index (χ0v) is 18.4. The van der Waals surface area contributed by atoms with Gasteiger partial charge in [0.2, 0.25) is 0 Å². The van der Waals surface area contributed by atoms with Crippen molar-refractivity contribution in [2.24, 2.45) is 0 Å². The number of rotatable bonds is 8. The minimum atomic E-state index is -0.178. The van der Waals surface area contributed by atoms with Crippen molar-refractivity contribution < 1.29 is 29.6 Å². The van der Waals surface area contributed by atoms with Gasteiger partial charge in [0.05, 0.1) is 30.7 Å². The smallest absolute Gasteiger partial charge is 0.159 e. The van der Waals surface area contributed by atoms with E-state index < -0.39 is 0 Å². The number of hydrogen-bond donors (Lipinski definition) is 2. The van der Waals surface area contributed by atoms with Gasteiger partial charge in [0, 0.05) is 39.0 Å². The Labute approximate surface area is 182 Å². The summed E-state index contributed by atoms with van der Waals surface area (Å²) >= 11 is 0. The van der Waals surface area contributed by atoms with Gasteiger partial charge in [0.15, 0.2) is 11.8 Å². The van der Waals surface area contributed by atoms with Crippen molar-refractivity contribution >= 4 is 23.2 Å². The number of nitrogens with one attached hydrogen (secondary N) is 2. The number of carbonyl (C=O) groups is 1. The minimum Gasteiger partial charge on any atom is -0.431 e. The van der Waals surface area contributed by atoms with E-state index in [4.69, 9.17) is 4.74 Å². The fourth-order valence-electron chi connectivity index (χ4n) is 3.02. The molecule has 0 unspecified atom stereocenters. The predicted molar refractivity (Wildman–Crippen MR) is 107 cm³/mol. The van der Waals surface area contributed by atoms with Gasteiger partial charge in [-0.2, -0.15) is 10.2 Å². The molecule has 2 N–H and O–H groups in total. The van der Waals surface area contributed by atoms with Crippen LogP contribution >= 0.6 is 0 Å². The van der Waals surface area contributed by atoms with Crippen LogP contribution in [0.2, 0.25) is 0 Å². The maximum Gasteiger partial charge on any atom is 0.159 e. The van der Waals surface area contributed by atoms with E-state index in [-0.39, 0.29) is 26.1 Å². The summed E-state index contributed by atoms with van der Waals surface area (Å²) in [6.45, 7) is 5.21. The van der Waals surface area contributed by atoms with E-state index in [1.54, 1.807) is 11.1 Å². The van der Waals surface area contributed by atoms with E-state index in [0.717, 1.165) is 22.6 Å². The minimum absolute atomic E-state index is 0. The Morgan fingerprint density at radius 2 is 2.14 bits per heavy atom. The van der Waals surface area contributed by atoms with E-state index in [9.17, 15) is 4.79 Å². The number of amides is 2. The molecule has 1 fully saturated rings. The van der Waals surface area contributed by atoms with Gasteiger partial charge in [0.25, 0.3) is 0 Å². The second-order valence-corrected chi connectivity index (χ2v) is 6.34. The first-order valence-electron chi connectivity index (χ1n) is 9.25. The summed E-state index contributed by atoms with van der Waals surface area (Å²) in [5, 5.41) is 18.8. The number of aromatic amines is 1. The molecule has 29 heavy (non-hydrogen) atoms. The van der Waals surface area contributed by atoms with Crippen molar-refractivity contribution in [2.45, 2.75) is 13.5 Å². The summed E-state index contributed by atoms with van der Waals surface area (Å²) in [6.07, 6.45) is 3.67. The second kappa shape index (κ2) is 9.69. The number of hydrogen-bond acceptors (Lipinski definition) is 5. The summed E-state index contributed by atoms with van der Waals surface area (Å²) < 4.78 is 7.17. The number of benzene rings is 1. The van der Waals surface area contributed by atoms with Crippen molar-refractivity contribution in [2.75, 3.05) is 36.5 Å². The van der Waals surface area contributed by atoms with Crippen LogP contribution in [-0.2, 0) is 31.4 Å². The molecule has 1 radical (unpaired) electrons. The number of urea groups is 1. The average Bonchev–Trinajstić information content (AvgIpc) is 3.44. The third kappa shape index (κ3) is 5.03. The number of carbonyl (C=O) groups excluding carboxylic acids is 1. The summed E-state index contributed by atoms with van der Waals surface area (Å²) in [5.74, 6) is 0.706. The standard InChI is InChI=1S/C19H23N7O2.Ir/c1-2-28-10-9-25-13-15(12-21-25)22-18-11-17(23-24-18)14-3-5-16(6-4-14)26-8-7-20-19(26)27;/h3-6,11-13H,2,7-10H2,1H3,(H3,20,22,23,24,27);/p-1. The quantitative estimate of drug-likeness (QED) is 0.403. The van der Waals surface area contributed by atoms with Crippen molar-refractivity contribution in [3.05, 3.63) is 48.0 Å². The number of ether oxygens (including phenoxy) is 1. The first-order valence-corrected chi connectivity index (χ1v) is 9.25. The van der Waals surface area contributed by atoms with E-state index in [1.807, 2.05) is 48.1 Å². The van der Waals surface area contributed by atoms with Crippen molar-refractivity contribution in [1.29, 1.82) is 0 Å². The summed E-state index contributed by atoms with van der Waals surface area (Å²) in [7, 11) is 0. The first kappa shape index (κ1) is 21.0. The summed E-state index contributed by atoms with van der Waals surface area (Å²) in [4.78, 5) is 13.4. The SMILES string of the molecule is CCOCCn1cc(Nc2cc(-c3ccc(N4CC[N-]C4=O)cc3)[nH]n2)cn1.[Ir]. The molecule has 3 heterocycles. The van der Waals surface area contributed by atoms with Crippen LogP contribution in [0.3, 0.4) is 0 Å². The molecule has 1 aliphatic rings. The molecule has 1 saturated heterocycles. The predicted octanol–water partition coefficient (Wildman–Crippen LogP) is 3.36. The maximum absolute atomic E-state index is 11.7. The van der Waals surface area contributed by atoms with Gasteiger partial charge in [-0.15, -0.1) is 0 Å². The summed E-state index contributed by atoms with van der Waals surface area (Å²) in [6, 6.07) is 9.52. The van der Waals surface area contributed by atoms with Gasteiger partial charge < -0.3 is 20.3 Å². The monoisotopic (exact) mass is 573 g/mol. The molecule has 0 atom stereocenters. The van der Waals surface area contributed by atoms with E-state index in [1.165, 1.54) is 0 Å². The zero-order valence-electron chi connectivity index (χ0n) is 16.0. The van der Waals surface area contributed by atoms with Crippen LogP contribution in [0.5, 0.6) is 0 Å². The Hall–Kier alpha value is -2.68. The van der Waals surface area contributed by atoms with Crippen LogP contribution in [0.1, 0.15) is 6.92 Å². The van der Waals surface area contributed by atoms with E-state index >= 15 is 0 Å². The van der Waals surface area contributed by atoms with Crippen molar-refractivity contribution in [3.8, 4) is 11.3 Å². The topological polar surface area (TPSA) is 102 Å².